The molecule has 1 amide bonds. The number of benzene rings is 1. The number of para-hydroxylation sites is 1. The maximum Gasteiger partial charge on any atom is 0.387 e. The number of nitrogens with zero attached hydrogens (tertiary/aromatic N) is 1. The van der Waals surface area contributed by atoms with Crippen LogP contribution in [0.5, 0.6) is 11.5 Å². The normalized spacial score (nSPS) is 14.0. The van der Waals surface area contributed by atoms with Crippen molar-refractivity contribution < 1.29 is 32.5 Å². The lowest BCUT2D eigenvalue weighted by Crippen LogP contribution is -2.39. The number of ether oxygens (including phenoxy) is 2. The topological polar surface area (TPSA) is 105 Å². The molecule has 0 aliphatic carbocycles. The van der Waals surface area contributed by atoms with Crippen LogP contribution in [-0.2, 0) is 11.3 Å². The first kappa shape index (κ1) is 26.2. The van der Waals surface area contributed by atoms with Gasteiger partial charge in [-0.2, -0.15) is 8.78 Å². The molecule has 3 rings (SSSR count). The summed E-state index contributed by atoms with van der Waals surface area (Å²) in [7, 11) is 0. The molecule has 12 heteroatoms. The molecular formula is C23H25F3N4O4S. The number of halogens is 3. The number of pyridine rings is 1. The van der Waals surface area contributed by atoms with E-state index < -0.39 is 29.7 Å². The lowest BCUT2D eigenvalue weighted by atomic mass is 10.1. The molecule has 1 aromatic heterocycles. The Labute approximate surface area is 205 Å². The van der Waals surface area contributed by atoms with E-state index in [1.165, 1.54) is 18.3 Å². The first-order chi connectivity index (χ1) is 16.5. The maximum atomic E-state index is 14.1. The van der Waals surface area contributed by atoms with Crippen LogP contribution in [0.15, 0.2) is 47.9 Å². The van der Waals surface area contributed by atoms with Gasteiger partial charge in [0, 0.05) is 37.0 Å². The summed E-state index contributed by atoms with van der Waals surface area (Å²) in [5.41, 5.74) is 0.130. The molecule has 1 aliphatic heterocycles. The molecule has 2 heterocycles. The summed E-state index contributed by atoms with van der Waals surface area (Å²) in [4.78, 5) is 16.6. The first-order valence-electron chi connectivity index (χ1n) is 10.6. The number of aromatic nitrogens is 1. The average molecular weight is 511 g/mol. The summed E-state index contributed by atoms with van der Waals surface area (Å²) in [6.45, 7) is 0.631. The van der Waals surface area contributed by atoms with Crippen LogP contribution in [0.3, 0.4) is 0 Å². The van der Waals surface area contributed by atoms with Crippen LogP contribution in [0.2, 0.25) is 0 Å². The van der Waals surface area contributed by atoms with Crippen molar-refractivity contribution in [2.75, 3.05) is 18.5 Å². The van der Waals surface area contributed by atoms with Gasteiger partial charge in [-0.3, -0.25) is 9.78 Å². The molecule has 0 saturated carbocycles. The maximum absolute atomic E-state index is 14.1. The van der Waals surface area contributed by atoms with Gasteiger partial charge in [-0.15, -0.1) is 0 Å². The number of aliphatic hydroxyl groups is 1. The van der Waals surface area contributed by atoms with E-state index in [0.29, 0.717) is 24.4 Å². The number of amides is 1. The van der Waals surface area contributed by atoms with Crippen molar-refractivity contribution in [3.05, 3.63) is 59.3 Å². The van der Waals surface area contributed by atoms with E-state index in [2.05, 4.69) is 25.7 Å². The highest BCUT2D eigenvalue weighted by atomic mass is 32.1. The van der Waals surface area contributed by atoms with Gasteiger partial charge in [0.05, 0.1) is 23.1 Å². The van der Waals surface area contributed by atoms with E-state index in [1.807, 2.05) is 0 Å². The lowest BCUT2D eigenvalue weighted by Gasteiger charge is -2.24. The standard InChI is InChI=1S/C23H25F3N4O4S/c1-23(2,32)12-33-17-11-27-8-6-13(17)10-29-15-7-9-28-20(31)18(15)21(35)30-16-5-3-4-14(24)19(16)34-22(25)26/h3-6,8,11,22,29,32H,7,9-10,12H2,1-2H3,(H,28,31)(H,30,35). The highest BCUT2D eigenvalue weighted by Crippen LogP contribution is 2.30. The average Bonchev–Trinajstić information content (AvgIpc) is 2.78. The van der Waals surface area contributed by atoms with Crippen LogP contribution in [0.1, 0.15) is 25.8 Å². The predicted molar refractivity (Wildman–Crippen MR) is 127 cm³/mol. The van der Waals surface area contributed by atoms with Crippen molar-refractivity contribution in [1.82, 2.24) is 15.6 Å². The van der Waals surface area contributed by atoms with Crippen LogP contribution >= 0.6 is 12.2 Å². The Balaban J connectivity index is 1.82. The van der Waals surface area contributed by atoms with Crippen LogP contribution < -0.4 is 25.4 Å². The van der Waals surface area contributed by atoms with Crippen molar-refractivity contribution >= 4 is 28.8 Å². The summed E-state index contributed by atoms with van der Waals surface area (Å²) in [5, 5.41) is 18.4. The zero-order valence-corrected chi connectivity index (χ0v) is 19.8. The molecule has 0 bridgehead atoms. The molecule has 35 heavy (non-hydrogen) atoms. The minimum Gasteiger partial charge on any atom is -0.489 e. The van der Waals surface area contributed by atoms with Crippen LogP contribution in [0.4, 0.5) is 18.9 Å². The van der Waals surface area contributed by atoms with Gasteiger partial charge in [-0.05, 0) is 32.0 Å². The highest BCUT2D eigenvalue weighted by molar-refractivity contribution is 7.81. The summed E-state index contributed by atoms with van der Waals surface area (Å²) < 4.78 is 49.5. The Morgan fingerprint density at radius 3 is 2.83 bits per heavy atom. The van der Waals surface area contributed by atoms with Gasteiger partial charge in [-0.1, -0.05) is 18.3 Å². The Kier molecular flexibility index (Phi) is 8.52. The number of alkyl halides is 2. The van der Waals surface area contributed by atoms with Gasteiger partial charge < -0.3 is 30.5 Å². The number of carbonyl (C=O) groups excluding carboxylic acids is 1. The number of rotatable bonds is 10. The van der Waals surface area contributed by atoms with Gasteiger partial charge in [0.2, 0.25) is 0 Å². The fourth-order valence-electron chi connectivity index (χ4n) is 3.21. The largest absolute Gasteiger partial charge is 0.489 e. The van der Waals surface area contributed by atoms with Gasteiger partial charge in [-0.25, -0.2) is 4.39 Å². The SMILES string of the molecule is CC(C)(O)COc1cnccc1CNC1=C(C(=S)Nc2cccc(F)c2OC(F)F)C(=O)NCC1. The molecule has 0 atom stereocenters. The Morgan fingerprint density at radius 2 is 2.11 bits per heavy atom. The van der Waals surface area contributed by atoms with Crippen molar-refractivity contribution in [3.63, 3.8) is 0 Å². The Hall–Kier alpha value is -3.38. The molecule has 1 aromatic carbocycles. The second-order valence-electron chi connectivity index (χ2n) is 8.25. The third kappa shape index (κ3) is 7.30. The summed E-state index contributed by atoms with van der Waals surface area (Å²) >= 11 is 5.37. The van der Waals surface area contributed by atoms with Crippen molar-refractivity contribution in [1.29, 1.82) is 0 Å². The zero-order chi connectivity index (χ0) is 25.6. The molecule has 1 aliphatic rings. The molecule has 188 valence electrons. The number of carbonyl (C=O) groups is 1. The molecule has 0 saturated heterocycles. The van der Waals surface area contributed by atoms with E-state index in [-0.39, 0.29) is 29.4 Å². The summed E-state index contributed by atoms with van der Waals surface area (Å²) in [5.74, 6) is -1.73. The van der Waals surface area contributed by atoms with Crippen molar-refractivity contribution in [3.8, 4) is 11.5 Å². The molecule has 0 spiro atoms. The molecule has 0 fully saturated rings. The van der Waals surface area contributed by atoms with Gasteiger partial charge in [0.1, 0.15) is 17.3 Å². The number of nitrogens with one attached hydrogen (secondary N) is 3. The highest BCUT2D eigenvalue weighted by Gasteiger charge is 2.26. The molecular weight excluding hydrogens is 485 g/mol. The fraction of sp³-hybridized carbons (Fsp3) is 0.348. The quantitative estimate of drug-likeness (QED) is 0.361. The van der Waals surface area contributed by atoms with Crippen molar-refractivity contribution in [2.24, 2.45) is 0 Å². The number of anilines is 1. The van der Waals surface area contributed by atoms with Crippen LogP contribution in [0, 0.1) is 5.82 Å². The van der Waals surface area contributed by atoms with Crippen LogP contribution in [-0.4, -0.2) is 46.4 Å². The molecule has 0 radical (unpaired) electrons. The molecule has 8 nitrogen and oxygen atoms in total. The van der Waals surface area contributed by atoms with Gasteiger partial charge >= 0.3 is 6.61 Å². The summed E-state index contributed by atoms with van der Waals surface area (Å²) in [6, 6.07) is 5.31. The second-order valence-corrected chi connectivity index (χ2v) is 8.65. The molecule has 4 N–H and O–H groups in total. The predicted octanol–water partition coefficient (Wildman–Crippen LogP) is 3.27. The number of hydrogen-bond acceptors (Lipinski definition) is 7. The van der Waals surface area contributed by atoms with Crippen LogP contribution in [0.25, 0.3) is 0 Å². The van der Waals surface area contributed by atoms with Gasteiger partial charge in [0.15, 0.2) is 11.6 Å². The minimum absolute atomic E-state index is 0.0483. The number of thiocarbonyl (C=S) groups is 1. The van der Waals surface area contributed by atoms with Gasteiger partial charge in [0.25, 0.3) is 5.91 Å². The van der Waals surface area contributed by atoms with E-state index in [9.17, 15) is 23.1 Å². The monoisotopic (exact) mass is 510 g/mol. The van der Waals surface area contributed by atoms with E-state index in [4.69, 9.17) is 17.0 Å². The molecule has 2 aromatic rings. The minimum atomic E-state index is -3.25. The van der Waals surface area contributed by atoms with Crippen molar-refractivity contribution in [2.45, 2.75) is 39.0 Å². The fourth-order valence-corrected chi connectivity index (χ4v) is 3.54. The Bertz CT molecular complexity index is 1120. The summed E-state index contributed by atoms with van der Waals surface area (Å²) in [6.07, 6.45) is 3.52. The lowest BCUT2D eigenvalue weighted by molar-refractivity contribution is -0.117. The van der Waals surface area contributed by atoms with E-state index in [0.717, 1.165) is 11.6 Å². The number of hydrogen-bond donors (Lipinski definition) is 4. The zero-order valence-electron chi connectivity index (χ0n) is 19.0. The third-order valence-electron chi connectivity index (χ3n) is 4.78. The first-order valence-corrected chi connectivity index (χ1v) is 11.0. The third-order valence-corrected chi connectivity index (χ3v) is 5.09. The smallest absolute Gasteiger partial charge is 0.387 e. The van der Waals surface area contributed by atoms with E-state index >= 15 is 0 Å². The Morgan fingerprint density at radius 1 is 1.34 bits per heavy atom. The second kappa shape index (κ2) is 11.4. The van der Waals surface area contributed by atoms with E-state index in [1.54, 1.807) is 26.1 Å². The molecule has 0 unspecified atom stereocenters.